The summed E-state index contributed by atoms with van der Waals surface area (Å²) in [6.45, 7) is 5.99. The Bertz CT molecular complexity index is 1260. The van der Waals surface area contributed by atoms with Gasteiger partial charge in [0, 0.05) is 28.3 Å². The first-order valence-corrected chi connectivity index (χ1v) is 11.2. The van der Waals surface area contributed by atoms with E-state index in [1.165, 1.54) is 18.5 Å². The zero-order valence-electron chi connectivity index (χ0n) is 18.4. The predicted octanol–water partition coefficient (Wildman–Crippen LogP) is 6.59. The van der Waals surface area contributed by atoms with Crippen molar-refractivity contribution < 1.29 is 4.42 Å². The summed E-state index contributed by atoms with van der Waals surface area (Å²) in [5.41, 5.74) is 6.56. The standard InChI is InChI=1S/C27H28N2O2/c1-16-13-22(18(3)29-21-11-12-24(28-15-21)19-9-10-19)27-23(14-16)25(30)17(2)26(31-27)20-7-5-4-6-8-20/h5,7-8,11-15,18-19,29H,4,6,9-10H2,1-3H3. The van der Waals surface area contributed by atoms with Gasteiger partial charge in [0.05, 0.1) is 23.3 Å². The molecule has 31 heavy (non-hydrogen) atoms. The van der Waals surface area contributed by atoms with E-state index in [1.54, 1.807) is 0 Å². The average molecular weight is 413 g/mol. The van der Waals surface area contributed by atoms with Gasteiger partial charge in [-0.05, 0) is 70.2 Å². The highest BCUT2D eigenvalue weighted by Gasteiger charge is 2.25. The molecule has 4 heteroatoms. The largest absolute Gasteiger partial charge is 0.455 e. The molecule has 0 saturated heterocycles. The summed E-state index contributed by atoms with van der Waals surface area (Å²) in [5, 5.41) is 4.19. The number of nitrogens with zero attached hydrogens (tertiary/aromatic N) is 1. The number of fused-ring (bicyclic) bond motifs is 1. The first-order chi connectivity index (χ1) is 15.0. The van der Waals surface area contributed by atoms with Crippen LogP contribution < -0.4 is 10.7 Å². The maximum Gasteiger partial charge on any atom is 0.196 e. The fourth-order valence-electron chi connectivity index (χ4n) is 4.39. The number of aryl methyl sites for hydroxylation is 1. The van der Waals surface area contributed by atoms with Crippen molar-refractivity contribution >= 4 is 22.2 Å². The van der Waals surface area contributed by atoms with Crippen molar-refractivity contribution in [1.82, 2.24) is 4.98 Å². The van der Waals surface area contributed by atoms with Crippen molar-refractivity contribution in [3.63, 3.8) is 0 Å². The molecule has 3 aromatic rings. The zero-order chi connectivity index (χ0) is 21.5. The average Bonchev–Trinajstić information content (AvgIpc) is 3.63. The van der Waals surface area contributed by atoms with Gasteiger partial charge in [0.1, 0.15) is 11.3 Å². The van der Waals surface area contributed by atoms with Crippen molar-refractivity contribution in [3.8, 4) is 0 Å². The Morgan fingerprint density at radius 1 is 1.16 bits per heavy atom. The Kier molecular flexibility index (Phi) is 5.01. The van der Waals surface area contributed by atoms with Gasteiger partial charge >= 0.3 is 0 Å². The summed E-state index contributed by atoms with van der Waals surface area (Å²) in [7, 11) is 0. The Morgan fingerprint density at radius 2 is 2.00 bits per heavy atom. The van der Waals surface area contributed by atoms with Crippen molar-refractivity contribution in [1.29, 1.82) is 0 Å². The molecule has 1 aromatic carbocycles. The summed E-state index contributed by atoms with van der Waals surface area (Å²) in [5.74, 6) is 1.33. The van der Waals surface area contributed by atoms with Crippen LogP contribution in [0.1, 0.15) is 72.7 Å². The third-order valence-corrected chi connectivity index (χ3v) is 6.28. The molecule has 0 bridgehead atoms. The lowest BCUT2D eigenvalue weighted by Crippen LogP contribution is -2.13. The number of hydrogen-bond acceptors (Lipinski definition) is 4. The van der Waals surface area contributed by atoms with Crippen LogP contribution in [0.3, 0.4) is 0 Å². The molecule has 1 atom stereocenters. The number of hydrogen-bond donors (Lipinski definition) is 1. The van der Waals surface area contributed by atoms with Crippen LogP contribution >= 0.6 is 0 Å². The number of allylic oxidation sites excluding steroid dienone is 4. The molecule has 5 rings (SSSR count). The Balaban J connectivity index is 1.56. The third-order valence-electron chi connectivity index (χ3n) is 6.28. The Hall–Kier alpha value is -3.14. The summed E-state index contributed by atoms with van der Waals surface area (Å²) >= 11 is 0. The van der Waals surface area contributed by atoms with E-state index in [2.05, 4.69) is 53.7 Å². The maximum absolute atomic E-state index is 13.2. The number of aromatic nitrogens is 1. The molecule has 0 radical (unpaired) electrons. The highest BCUT2D eigenvalue weighted by Crippen LogP contribution is 2.39. The van der Waals surface area contributed by atoms with E-state index in [9.17, 15) is 4.79 Å². The predicted molar refractivity (Wildman–Crippen MR) is 127 cm³/mol. The molecule has 0 amide bonds. The minimum absolute atomic E-state index is 0.0365. The van der Waals surface area contributed by atoms with E-state index in [-0.39, 0.29) is 11.5 Å². The van der Waals surface area contributed by atoms with Gasteiger partial charge in [-0.15, -0.1) is 0 Å². The van der Waals surface area contributed by atoms with Gasteiger partial charge in [-0.3, -0.25) is 9.78 Å². The number of rotatable bonds is 5. The van der Waals surface area contributed by atoms with E-state index in [4.69, 9.17) is 4.42 Å². The minimum Gasteiger partial charge on any atom is -0.455 e. The minimum atomic E-state index is -0.0365. The van der Waals surface area contributed by atoms with Gasteiger partial charge in [-0.2, -0.15) is 0 Å². The number of nitrogens with one attached hydrogen (secondary N) is 1. The van der Waals surface area contributed by atoms with Crippen molar-refractivity contribution in [2.45, 2.75) is 58.4 Å². The molecule has 4 nitrogen and oxygen atoms in total. The van der Waals surface area contributed by atoms with E-state index < -0.39 is 0 Å². The molecule has 0 spiro atoms. The van der Waals surface area contributed by atoms with E-state index in [0.717, 1.165) is 35.2 Å². The molecule has 1 N–H and O–H groups in total. The van der Waals surface area contributed by atoms with Crippen LogP contribution in [-0.4, -0.2) is 4.98 Å². The second kappa shape index (κ2) is 7.84. The van der Waals surface area contributed by atoms with E-state index in [0.29, 0.717) is 28.2 Å². The van der Waals surface area contributed by atoms with Crippen LogP contribution in [0.25, 0.3) is 16.5 Å². The normalized spacial score (nSPS) is 16.9. The van der Waals surface area contributed by atoms with E-state index >= 15 is 0 Å². The molecule has 1 fully saturated rings. The summed E-state index contributed by atoms with van der Waals surface area (Å²) in [6, 6.07) is 8.22. The smallest absolute Gasteiger partial charge is 0.196 e. The second-order valence-electron chi connectivity index (χ2n) is 8.87. The van der Waals surface area contributed by atoms with Crippen LogP contribution in [0, 0.1) is 13.8 Å². The molecule has 158 valence electrons. The van der Waals surface area contributed by atoms with E-state index in [1.807, 2.05) is 26.1 Å². The maximum atomic E-state index is 13.2. The van der Waals surface area contributed by atoms with Crippen LogP contribution in [0.2, 0.25) is 0 Å². The molecule has 1 unspecified atom stereocenters. The van der Waals surface area contributed by atoms with Gasteiger partial charge < -0.3 is 9.73 Å². The monoisotopic (exact) mass is 412 g/mol. The van der Waals surface area contributed by atoms with Crippen LogP contribution in [0.4, 0.5) is 5.69 Å². The summed E-state index contributed by atoms with van der Waals surface area (Å²) in [4.78, 5) is 17.9. The third kappa shape index (κ3) is 3.83. The molecular formula is C27H28N2O2. The number of pyridine rings is 1. The number of benzene rings is 1. The van der Waals surface area contributed by atoms with Gasteiger partial charge in [0.15, 0.2) is 5.43 Å². The first kappa shape index (κ1) is 19.8. The van der Waals surface area contributed by atoms with Crippen LogP contribution in [-0.2, 0) is 0 Å². The van der Waals surface area contributed by atoms with Gasteiger partial charge in [0.25, 0.3) is 0 Å². The summed E-state index contributed by atoms with van der Waals surface area (Å²) < 4.78 is 6.44. The summed E-state index contributed by atoms with van der Waals surface area (Å²) in [6.07, 6.45) is 12.7. The lowest BCUT2D eigenvalue weighted by atomic mass is 9.97. The van der Waals surface area contributed by atoms with Crippen molar-refractivity contribution in [2.24, 2.45) is 0 Å². The fraction of sp³-hybridized carbons (Fsp3) is 0.333. The molecule has 2 aromatic heterocycles. The molecule has 2 aliphatic rings. The molecule has 2 aliphatic carbocycles. The molecule has 2 heterocycles. The topological polar surface area (TPSA) is 55.1 Å². The molecule has 1 saturated carbocycles. The quantitative estimate of drug-likeness (QED) is 0.514. The Labute approximate surface area is 182 Å². The SMILES string of the molecule is Cc1cc(C(C)Nc2ccc(C3CC3)nc2)c2oc(C3=CCCC=C3)c(C)c(=O)c2c1. The van der Waals surface area contributed by atoms with Crippen LogP contribution in [0.5, 0.6) is 0 Å². The fourth-order valence-corrected chi connectivity index (χ4v) is 4.39. The highest BCUT2D eigenvalue weighted by molar-refractivity contribution is 5.85. The van der Waals surface area contributed by atoms with Gasteiger partial charge in [-0.25, -0.2) is 0 Å². The van der Waals surface area contributed by atoms with Gasteiger partial charge in [0.2, 0.25) is 0 Å². The van der Waals surface area contributed by atoms with Gasteiger partial charge in [-0.1, -0.05) is 24.3 Å². The highest BCUT2D eigenvalue weighted by atomic mass is 16.3. The van der Waals surface area contributed by atoms with Crippen molar-refractivity contribution in [3.05, 3.63) is 87.1 Å². The molecular weight excluding hydrogens is 384 g/mol. The zero-order valence-corrected chi connectivity index (χ0v) is 18.4. The lowest BCUT2D eigenvalue weighted by Gasteiger charge is -2.19. The number of anilines is 1. The Morgan fingerprint density at radius 3 is 2.68 bits per heavy atom. The first-order valence-electron chi connectivity index (χ1n) is 11.2. The van der Waals surface area contributed by atoms with Crippen molar-refractivity contribution in [2.75, 3.05) is 5.32 Å². The lowest BCUT2D eigenvalue weighted by molar-refractivity contribution is 0.574. The second-order valence-corrected chi connectivity index (χ2v) is 8.87. The molecule has 0 aliphatic heterocycles. The van der Waals surface area contributed by atoms with Crippen LogP contribution in [0.15, 0.2) is 57.9 Å².